The molecule has 3 aromatic rings. The van der Waals surface area contributed by atoms with Gasteiger partial charge in [0, 0.05) is 29.2 Å². The van der Waals surface area contributed by atoms with Crippen molar-refractivity contribution in [1.82, 2.24) is 9.47 Å². The molecule has 1 aliphatic rings. The highest BCUT2D eigenvalue weighted by Gasteiger charge is 2.35. The summed E-state index contributed by atoms with van der Waals surface area (Å²) in [6.45, 7) is 2.36. The molecule has 4 rings (SSSR count). The zero-order valence-corrected chi connectivity index (χ0v) is 17.6. The average molecular weight is 427 g/mol. The van der Waals surface area contributed by atoms with Crippen molar-refractivity contribution < 1.29 is 14.3 Å². The number of nitrogens with zero attached hydrogens (tertiary/aromatic N) is 2. The molecule has 1 aromatic heterocycles. The minimum Gasteiger partial charge on any atom is -0.490 e. The van der Waals surface area contributed by atoms with Crippen molar-refractivity contribution in [2.75, 3.05) is 13.2 Å². The van der Waals surface area contributed by atoms with Crippen LogP contribution in [0.3, 0.4) is 0 Å². The molecule has 2 heterocycles. The summed E-state index contributed by atoms with van der Waals surface area (Å²) in [6, 6.07) is 15.1. The van der Waals surface area contributed by atoms with E-state index in [9.17, 15) is 9.59 Å². The first-order valence-electron chi connectivity index (χ1n) is 9.14. The number of amides is 2. The van der Waals surface area contributed by atoms with Gasteiger partial charge in [-0.2, -0.15) is 0 Å². The Morgan fingerprint density at radius 2 is 1.83 bits per heavy atom. The molecule has 0 atom stereocenters. The molecule has 148 valence electrons. The maximum Gasteiger partial charge on any atom is 0.293 e. The van der Waals surface area contributed by atoms with E-state index in [0.29, 0.717) is 15.7 Å². The molecule has 0 bridgehead atoms. The third-order valence-electron chi connectivity index (χ3n) is 5.01. The number of halogens is 1. The Labute approximate surface area is 177 Å². The van der Waals surface area contributed by atoms with Crippen molar-refractivity contribution in [1.29, 1.82) is 0 Å². The molecule has 29 heavy (non-hydrogen) atoms. The van der Waals surface area contributed by atoms with Crippen molar-refractivity contribution >= 4 is 51.5 Å². The van der Waals surface area contributed by atoms with Gasteiger partial charge in [0.15, 0.2) is 0 Å². The fourth-order valence-electron chi connectivity index (χ4n) is 3.36. The molecule has 0 spiro atoms. The molecular formula is C22H19ClN2O3S. The largest absolute Gasteiger partial charge is 0.490 e. The number of rotatable bonds is 5. The molecule has 0 aliphatic carbocycles. The number of carbonyl (C=O) groups excluding carboxylic acids is 2. The molecule has 7 heteroatoms. The summed E-state index contributed by atoms with van der Waals surface area (Å²) < 4.78 is 7.71. The van der Waals surface area contributed by atoms with Crippen molar-refractivity contribution in [3.05, 3.63) is 69.7 Å². The van der Waals surface area contributed by atoms with Crippen LogP contribution in [0.5, 0.6) is 5.75 Å². The van der Waals surface area contributed by atoms with Crippen LogP contribution < -0.4 is 4.74 Å². The second kappa shape index (κ2) is 7.97. The van der Waals surface area contributed by atoms with E-state index < -0.39 is 0 Å². The normalized spacial score (nSPS) is 15.7. The Bertz CT molecular complexity index is 1150. The third-order valence-corrected chi connectivity index (χ3v) is 6.23. The lowest BCUT2D eigenvalue weighted by Gasteiger charge is -2.13. The van der Waals surface area contributed by atoms with Gasteiger partial charge in [-0.15, -0.1) is 0 Å². The monoisotopic (exact) mass is 426 g/mol. The van der Waals surface area contributed by atoms with E-state index in [2.05, 4.69) is 4.57 Å². The van der Waals surface area contributed by atoms with Crippen LogP contribution in [0.25, 0.3) is 17.0 Å². The van der Waals surface area contributed by atoms with Gasteiger partial charge in [-0.1, -0.05) is 41.9 Å². The second-order valence-corrected chi connectivity index (χ2v) is 8.09. The Morgan fingerprint density at radius 3 is 2.62 bits per heavy atom. The summed E-state index contributed by atoms with van der Waals surface area (Å²) in [6.07, 6.45) is 1.82. The number of carbonyl (C=O) groups is 2. The van der Waals surface area contributed by atoms with E-state index in [-0.39, 0.29) is 24.3 Å². The van der Waals surface area contributed by atoms with Crippen molar-refractivity contribution in [2.24, 2.45) is 7.05 Å². The number of benzene rings is 2. The first-order valence-corrected chi connectivity index (χ1v) is 10.3. The van der Waals surface area contributed by atoms with Gasteiger partial charge in [0.25, 0.3) is 11.1 Å². The highest BCUT2D eigenvalue weighted by molar-refractivity contribution is 8.18. The van der Waals surface area contributed by atoms with Crippen molar-refractivity contribution in [2.45, 2.75) is 6.92 Å². The third kappa shape index (κ3) is 3.66. The lowest BCUT2D eigenvalue weighted by Crippen LogP contribution is -2.32. The van der Waals surface area contributed by atoms with Crippen LogP contribution in [0.2, 0.25) is 5.02 Å². The van der Waals surface area contributed by atoms with Gasteiger partial charge in [-0.25, -0.2) is 0 Å². The van der Waals surface area contributed by atoms with Crippen LogP contribution in [-0.2, 0) is 11.8 Å². The minimum absolute atomic E-state index is 0.168. The van der Waals surface area contributed by atoms with Gasteiger partial charge in [-0.3, -0.25) is 14.5 Å². The van der Waals surface area contributed by atoms with Crippen molar-refractivity contribution in [3.8, 4) is 5.75 Å². The SMILES string of the molecule is Cc1c(/C=C2\SC(=O)N(CCOc3ccccc3Cl)C2=O)c2ccccc2n1C. The summed E-state index contributed by atoms with van der Waals surface area (Å²) in [7, 11) is 1.99. The second-order valence-electron chi connectivity index (χ2n) is 6.69. The Morgan fingerprint density at radius 1 is 1.10 bits per heavy atom. The van der Waals surface area contributed by atoms with E-state index in [1.807, 2.05) is 56.4 Å². The number of thioether (sulfide) groups is 1. The quantitative estimate of drug-likeness (QED) is 0.522. The molecule has 0 radical (unpaired) electrons. The van der Waals surface area contributed by atoms with Crippen LogP contribution in [0.15, 0.2) is 53.4 Å². The predicted octanol–water partition coefficient (Wildman–Crippen LogP) is 5.26. The van der Waals surface area contributed by atoms with E-state index in [0.717, 1.165) is 33.9 Å². The smallest absolute Gasteiger partial charge is 0.293 e. The first kappa shape index (κ1) is 19.6. The fourth-order valence-corrected chi connectivity index (χ4v) is 4.40. The Hall–Kier alpha value is -2.70. The molecule has 1 aliphatic heterocycles. The molecule has 0 N–H and O–H groups in total. The average Bonchev–Trinajstić information content (AvgIpc) is 3.12. The molecule has 1 saturated heterocycles. The maximum absolute atomic E-state index is 12.8. The maximum atomic E-state index is 12.8. The number of hydrogen-bond acceptors (Lipinski definition) is 4. The van der Waals surface area contributed by atoms with E-state index >= 15 is 0 Å². The molecule has 0 saturated carbocycles. The van der Waals surface area contributed by atoms with Gasteiger partial charge in [0.2, 0.25) is 0 Å². The fraction of sp³-hybridized carbons (Fsp3) is 0.182. The summed E-state index contributed by atoms with van der Waals surface area (Å²) in [4.78, 5) is 26.8. The lowest BCUT2D eigenvalue weighted by atomic mass is 10.1. The molecule has 5 nitrogen and oxygen atoms in total. The van der Waals surface area contributed by atoms with E-state index in [4.69, 9.17) is 16.3 Å². The van der Waals surface area contributed by atoms with Crippen LogP contribution >= 0.6 is 23.4 Å². The number of aryl methyl sites for hydroxylation is 1. The van der Waals surface area contributed by atoms with Crippen LogP contribution in [0.1, 0.15) is 11.3 Å². The number of fused-ring (bicyclic) bond motifs is 1. The number of para-hydroxylation sites is 2. The van der Waals surface area contributed by atoms with Gasteiger partial charge in [0.1, 0.15) is 12.4 Å². The number of hydrogen-bond donors (Lipinski definition) is 0. The number of imide groups is 1. The predicted molar refractivity (Wildman–Crippen MR) is 117 cm³/mol. The molecule has 2 aromatic carbocycles. The van der Waals surface area contributed by atoms with Gasteiger partial charge < -0.3 is 9.30 Å². The van der Waals surface area contributed by atoms with Crippen molar-refractivity contribution in [3.63, 3.8) is 0 Å². The Balaban J connectivity index is 1.53. The lowest BCUT2D eigenvalue weighted by molar-refractivity contribution is -0.123. The summed E-state index contributed by atoms with van der Waals surface area (Å²) in [5.74, 6) is 0.234. The molecule has 0 unspecified atom stereocenters. The topological polar surface area (TPSA) is 51.5 Å². The molecular weight excluding hydrogens is 408 g/mol. The van der Waals surface area contributed by atoms with Crippen LogP contribution in [0.4, 0.5) is 4.79 Å². The van der Waals surface area contributed by atoms with Gasteiger partial charge in [0.05, 0.1) is 16.5 Å². The van der Waals surface area contributed by atoms with Crippen LogP contribution in [0, 0.1) is 6.92 Å². The highest BCUT2D eigenvalue weighted by Crippen LogP contribution is 2.35. The zero-order valence-electron chi connectivity index (χ0n) is 16.0. The van der Waals surface area contributed by atoms with Gasteiger partial charge in [-0.05, 0) is 43.0 Å². The summed E-state index contributed by atoms with van der Waals surface area (Å²) in [5.41, 5.74) is 3.09. The first-order chi connectivity index (χ1) is 14.0. The Kier molecular flexibility index (Phi) is 5.39. The van der Waals surface area contributed by atoms with E-state index in [1.165, 1.54) is 4.90 Å². The number of ether oxygens (including phenoxy) is 1. The molecule has 2 amide bonds. The standard InChI is InChI=1S/C22H19ClN2O3S/c1-14-16(15-7-3-5-9-18(15)24(14)2)13-20-21(26)25(22(27)29-20)11-12-28-19-10-6-4-8-17(19)23/h3-10,13H,11-12H2,1-2H3/b20-13-. The number of aromatic nitrogens is 1. The molecule has 1 fully saturated rings. The minimum atomic E-state index is -0.296. The summed E-state index contributed by atoms with van der Waals surface area (Å²) in [5, 5.41) is 1.26. The summed E-state index contributed by atoms with van der Waals surface area (Å²) >= 11 is 7.03. The van der Waals surface area contributed by atoms with Crippen LogP contribution in [-0.4, -0.2) is 33.8 Å². The zero-order chi connectivity index (χ0) is 20.5. The van der Waals surface area contributed by atoms with Gasteiger partial charge >= 0.3 is 0 Å². The van der Waals surface area contributed by atoms with E-state index in [1.54, 1.807) is 12.1 Å². The highest BCUT2D eigenvalue weighted by atomic mass is 35.5.